The van der Waals surface area contributed by atoms with Crippen molar-refractivity contribution in [3.8, 4) is 29.1 Å². The first-order valence-corrected chi connectivity index (χ1v) is 13.0. The molecule has 0 aliphatic carbocycles. The highest BCUT2D eigenvalue weighted by Crippen LogP contribution is 2.41. The Hall–Kier alpha value is -4.03. The smallest absolute Gasteiger partial charge is 0.393 e. The number of ether oxygens (including phenoxy) is 2. The van der Waals surface area contributed by atoms with Crippen LogP contribution < -0.4 is 10.1 Å². The van der Waals surface area contributed by atoms with Crippen LogP contribution in [0.1, 0.15) is 58.2 Å². The van der Waals surface area contributed by atoms with Crippen LogP contribution >= 0.6 is 0 Å². The lowest BCUT2D eigenvalue weighted by Gasteiger charge is -2.30. The second-order valence-electron chi connectivity index (χ2n) is 10.7. The third kappa shape index (κ3) is 4.66. The van der Waals surface area contributed by atoms with Crippen molar-refractivity contribution in [2.75, 3.05) is 26.9 Å². The number of aromatic nitrogens is 1. The van der Waals surface area contributed by atoms with E-state index in [-0.39, 0.29) is 41.4 Å². The third-order valence-electron chi connectivity index (χ3n) is 8.03. The van der Waals surface area contributed by atoms with E-state index in [1.54, 1.807) is 17.6 Å². The highest BCUT2D eigenvalue weighted by molar-refractivity contribution is 6.00. The Bertz CT molecular complexity index is 1460. The molecule has 40 heavy (non-hydrogen) atoms. The minimum atomic E-state index is -4.55. The Morgan fingerprint density at radius 2 is 1.95 bits per heavy atom. The Kier molecular flexibility index (Phi) is 6.79. The molecule has 0 saturated carbocycles. The molecular formula is C28H28F3N5O4. The molecule has 12 heteroatoms. The van der Waals surface area contributed by atoms with Crippen molar-refractivity contribution in [2.45, 2.75) is 62.8 Å². The maximum atomic E-state index is 13.7. The van der Waals surface area contributed by atoms with Crippen LogP contribution in [-0.2, 0) is 24.1 Å². The fourth-order valence-electron chi connectivity index (χ4n) is 5.92. The third-order valence-corrected chi connectivity index (χ3v) is 8.03. The molecule has 2 atom stereocenters. The Labute approximate surface area is 229 Å². The van der Waals surface area contributed by atoms with Crippen LogP contribution in [0, 0.1) is 22.7 Å². The van der Waals surface area contributed by atoms with E-state index in [4.69, 9.17) is 9.47 Å². The molecule has 2 fully saturated rings. The van der Waals surface area contributed by atoms with Crippen molar-refractivity contribution >= 4 is 11.8 Å². The number of likely N-dealkylation sites (tertiary alicyclic amines) is 1. The van der Waals surface area contributed by atoms with Gasteiger partial charge in [-0.3, -0.25) is 9.59 Å². The zero-order valence-electron chi connectivity index (χ0n) is 22.2. The molecule has 5 rings (SSSR count). The molecule has 2 saturated heterocycles. The minimum absolute atomic E-state index is 0.0185. The molecule has 0 unspecified atom stereocenters. The van der Waals surface area contributed by atoms with Gasteiger partial charge >= 0.3 is 6.18 Å². The number of carbonyl (C=O) groups is 2. The molecule has 3 aliphatic heterocycles. The van der Waals surface area contributed by atoms with E-state index in [1.165, 1.54) is 24.1 Å². The van der Waals surface area contributed by atoms with Crippen molar-refractivity contribution in [3.05, 3.63) is 40.6 Å². The summed E-state index contributed by atoms with van der Waals surface area (Å²) in [4.78, 5) is 28.5. The number of methoxy groups -OCH3 is 1. The van der Waals surface area contributed by atoms with Crippen LogP contribution in [0.5, 0.6) is 5.75 Å². The molecule has 0 spiro atoms. The van der Waals surface area contributed by atoms with Gasteiger partial charge in [-0.1, -0.05) is 0 Å². The maximum Gasteiger partial charge on any atom is 0.393 e. The van der Waals surface area contributed by atoms with E-state index >= 15 is 0 Å². The highest BCUT2D eigenvalue weighted by atomic mass is 19.4. The van der Waals surface area contributed by atoms with E-state index in [1.807, 2.05) is 0 Å². The van der Waals surface area contributed by atoms with Crippen LogP contribution in [-0.4, -0.2) is 65.4 Å². The van der Waals surface area contributed by atoms with Gasteiger partial charge in [0.1, 0.15) is 17.0 Å². The number of nitrogens with one attached hydrogen (secondary N) is 1. The number of aryl methyl sites for hydroxylation is 1. The van der Waals surface area contributed by atoms with Crippen molar-refractivity contribution < 1.29 is 32.2 Å². The van der Waals surface area contributed by atoms with Gasteiger partial charge in [0.15, 0.2) is 5.54 Å². The number of amides is 2. The average molecular weight is 556 g/mol. The number of alkyl halides is 3. The summed E-state index contributed by atoms with van der Waals surface area (Å²) >= 11 is 0. The minimum Gasteiger partial charge on any atom is -0.496 e. The number of carbonyl (C=O) groups excluding carboxylic acids is 2. The van der Waals surface area contributed by atoms with Gasteiger partial charge in [0.05, 0.1) is 50.1 Å². The molecular weight excluding hydrogens is 527 g/mol. The van der Waals surface area contributed by atoms with Crippen LogP contribution in [0.15, 0.2) is 18.2 Å². The number of benzene rings is 1. The molecule has 2 aromatic rings. The maximum absolute atomic E-state index is 13.7. The van der Waals surface area contributed by atoms with Crippen LogP contribution in [0.3, 0.4) is 0 Å². The van der Waals surface area contributed by atoms with Gasteiger partial charge in [-0.25, -0.2) is 0 Å². The zero-order valence-corrected chi connectivity index (χ0v) is 22.2. The lowest BCUT2D eigenvalue weighted by Crippen LogP contribution is -2.48. The number of nitrogens with zero attached hydrogens (tertiary/aromatic N) is 4. The number of halogens is 3. The second-order valence-corrected chi connectivity index (χ2v) is 10.7. The molecule has 3 aliphatic rings. The van der Waals surface area contributed by atoms with Gasteiger partial charge in [0, 0.05) is 25.1 Å². The first-order valence-electron chi connectivity index (χ1n) is 13.0. The summed E-state index contributed by atoms with van der Waals surface area (Å²) in [6.45, 7) is 2.56. The van der Waals surface area contributed by atoms with Crippen LogP contribution in [0.2, 0.25) is 0 Å². The predicted molar refractivity (Wildman–Crippen MR) is 135 cm³/mol. The molecule has 0 radical (unpaired) electrons. The Morgan fingerprint density at radius 1 is 1.18 bits per heavy atom. The summed E-state index contributed by atoms with van der Waals surface area (Å²) in [5.41, 5.74) is -0.964. The number of hydrogen-bond acceptors (Lipinski definition) is 6. The lowest BCUT2D eigenvalue weighted by atomic mass is 9.92. The lowest BCUT2D eigenvalue weighted by molar-refractivity contribution is -0.127. The van der Waals surface area contributed by atoms with E-state index in [2.05, 4.69) is 17.5 Å². The Morgan fingerprint density at radius 3 is 2.58 bits per heavy atom. The predicted octanol–water partition coefficient (Wildman–Crippen LogP) is 3.76. The molecule has 1 aromatic heterocycles. The number of fused-ring (bicyclic) bond motifs is 3. The molecule has 210 valence electrons. The highest BCUT2D eigenvalue weighted by Gasteiger charge is 2.43. The van der Waals surface area contributed by atoms with Crippen molar-refractivity contribution in [3.63, 3.8) is 0 Å². The van der Waals surface area contributed by atoms with E-state index in [0.717, 1.165) is 0 Å². The first-order chi connectivity index (χ1) is 18.9. The van der Waals surface area contributed by atoms with Crippen molar-refractivity contribution in [2.24, 2.45) is 0 Å². The number of rotatable bonds is 5. The van der Waals surface area contributed by atoms with Gasteiger partial charge in [0.2, 0.25) is 0 Å². The van der Waals surface area contributed by atoms with Gasteiger partial charge < -0.3 is 24.3 Å². The van der Waals surface area contributed by atoms with Gasteiger partial charge in [0.25, 0.3) is 11.8 Å². The molecule has 4 heterocycles. The van der Waals surface area contributed by atoms with Crippen LogP contribution in [0.4, 0.5) is 13.2 Å². The van der Waals surface area contributed by atoms with E-state index < -0.39 is 35.5 Å². The zero-order chi connectivity index (χ0) is 28.9. The second kappa shape index (κ2) is 9.86. The molecule has 1 N–H and O–H groups in total. The Balaban J connectivity index is 1.62. The molecule has 0 bridgehead atoms. The van der Waals surface area contributed by atoms with Gasteiger partial charge in [-0.2, -0.15) is 23.7 Å². The summed E-state index contributed by atoms with van der Waals surface area (Å²) in [5, 5.41) is 22.1. The molecule has 9 nitrogen and oxygen atoms in total. The van der Waals surface area contributed by atoms with Gasteiger partial charge in [-0.15, -0.1) is 0 Å². The summed E-state index contributed by atoms with van der Waals surface area (Å²) in [6, 6.07) is 8.63. The molecule has 1 aromatic carbocycles. The van der Waals surface area contributed by atoms with E-state index in [9.17, 15) is 33.3 Å². The van der Waals surface area contributed by atoms with Gasteiger partial charge in [-0.05, 0) is 55.5 Å². The topological polar surface area (TPSA) is 120 Å². The fourth-order valence-corrected chi connectivity index (χ4v) is 5.92. The van der Waals surface area contributed by atoms with Crippen molar-refractivity contribution in [1.82, 2.24) is 14.8 Å². The first kappa shape index (κ1) is 27.5. The van der Waals surface area contributed by atoms with Crippen LogP contribution in [0.25, 0.3) is 11.3 Å². The standard InChI is InChI=1S/C28H28F3N5O4/c1-26(14-32)5-3-7-36(26)25(38)21-10-18(13-28(29,30)31)23-19-12-20(22(39-2)11-17(19)4-8-35(21)23)24(37)34-27(15-33)6-9-40-16-27/h10-12H,3-9,13,16H2,1-2H3,(H,34,37)/t26-,27-/m1/s1. The normalized spacial score (nSPS) is 23.6. The summed E-state index contributed by atoms with van der Waals surface area (Å²) in [5.74, 6) is -0.895. The average Bonchev–Trinajstić information content (AvgIpc) is 3.64. The SMILES string of the molecule is COc1cc2c(cc1C(=O)N[C@@]1(C#N)CCOC1)-c1c(CC(F)(F)F)cc(C(=O)N3CCC[C@]3(C)C#N)n1CC2. The summed E-state index contributed by atoms with van der Waals surface area (Å²) < 4.78 is 53.5. The quantitative estimate of drug-likeness (QED) is 0.600. The summed E-state index contributed by atoms with van der Waals surface area (Å²) in [7, 11) is 1.39. The number of nitriles is 2. The van der Waals surface area contributed by atoms with Crippen molar-refractivity contribution in [1.29, 1.82) is 10.5 Å². The largest absolute Gasteiger partial charge is 0.496 e. The summed E-state index contributed by atoms with van der Waals surface area (Å²) in [6.07, 6.45) is -4.04. The van der Waals surface area contributed by atoms with E-state index in [0.29, 0.717) is 50.0 Å². The molecule has 2 amide bonds. The fraction of sp³-hybridized carbons (Fsp3) is 0.500. The number of hydrogen-bond donors (Lipinski definition) is 1. The monoisotopic (exact) mass is 555 g/mol.